The van der Waals surface area contributed by atoms with Crippen molar-refractivity contribution >= 4 is 18.1 Å². The van der Waals surface area contributed by atoms with E-state index in [1.807, 2.05) is 19.1 Å². The SMILES string of the molecule is Cc1ccccc1C(=O)Oc1ccc(/C=N\NC(=O)c2ccc3c(c2)OCO3)cc1. The van der Waals surface area contributed by atoms with Gasteiger partial charge in [-0.25, -0.2) is 10.2 Å². The molecule has 0 fully saturated rings. The van der Waals surface area contributed by atoms with Crippen molar-refractivity contribution in [1.29, 1.82) is 0 Å². The molecule has 0 aliphatic carbocycles. The van der Waals surface area contributed by atoms with Crippen LogP contribution in [0.15, 0.2) is 71.8 Å². The maximum Gasteiger partial charge on any atom is 0.343 e. The molecule has 1 amide bonds. The normalized spacial score (nSPS) is 12.0. The van der Waals surface area contributed by atoms with Gasteiger partial charge in [0.2, 0.25) is 6.79 Å². The standard InChI is InChI=1S/C23H18N2O5/c1-15-4-2-3-5-19(15)23(27)30-18-9-6-16(7-10-18)13-24-25-22(26)17-8-11-20-21(12-17)29-14-28-20/h2-13H,14H2,1H3,(H,25,26)/b24-13-. The number of rotatable bonds is 5. The van der Waals surface area contributed by atoms with Gasteiger partial charge in [0.15, 0.2) is 11.5 Å². The zero-order chi connectivity index (χ0) is 20.9. The maximum atomic E-state index is 12.3. The summed E-state index contributed by atoms with van der Waals surface area (Å²) in [7, 11) is 0. The van der Waals surface area contributed by atoms with Crippen LogP contribution in [0.2, 0.25) is 0 Å². The van der Waals surface area contributed by atoms with Gasteiger partial charge in [0.25, 0.3) is 5.91 Å². The molecular formula is C23H18N2O5. The van der Waals surface area contributed by atoms with E-state index < -0.39 is 5.97 Å². The highest BCUT2D eigenvalue weighted by Gasteiger charge is 2.16. The number of hydrogen-bond donors (Lipinski definition) is 1. The highest BCUT2D eigenvalue weighted by molar-refractivity contribution is 5.95. The van der Waals surface area contributed by atoms with Crippen molar-refractivity contribution in [3.63, 3.8) is 0 Å². The molecule has 4 rings (SSSR count). The first kappa shape index (κ1) is 19.2. The number of carbonyl (C=O) groups is 2. The molecule has 0 atom stereocenters. The molecule has 0 radical (unpaired) electrons. The number of carbonyl (C=O) groups excluding carboxylic acids is 2. The van der Waals surface area contributed by atoms with Crippen molar-refractivity contribution in [1.82, 2.24) is 5.43 Å². The van der Waals surface area contributed by atoms with Crippen molar-refractivity contribution in [3.8, 4) is 17.2 Å². The van der Waals surface area contributed by atoms with E-state index in [1.165, 1.54) is 6.21 Å². The highest BCUT2D eigenvalue weighted by atomic mass is 16.7. The molecule has 0 spiro atoms. The lowest BCUT2D eigenvalue weighted by Gasteiger charge is -2.06. The molecule has 0 saturated heterocycles. The molecule has 7 nitrogen and oxygen atoms in total. The number of aryl methyl sites for hydroxylation is 1. The second-order valence-corrected chi connectivity index (χ2v) is 6.54. The van der Waals surface area contributed by atoms with Gasteiger partial charge in [-0.05, 0) is 66.6 Å². The Kier molecular flexibility index (Phi) is 5.43. The predicted octanol–water partition coefficient (Wildman–Crippen LogP) is 3.71. The summed E-state index contributed by atoms with van der Waals surface area (Å²) in [6.45, 7) is 2.00. The summed E-state index contributed by atoms with van der Waals surface area (Å²) < 4.78 is 15.9. The minimum absolute atomic E-state index is 0.148. The van der Waals surface area contributed by atoms with Gasteiger partial charge in [-0.15, -0.1) is 0 Å². The number of nitrogens with zero attached hydrogens (tertiary/aromatic N) is 1. The van der Waals surface area contributed by atoms with Crippen LogP contribution in [-0.4, -0.2) is 24.9 Å². The van der Waals surface area contributed by atoms with Crippen molar-refractivity contribution in [2.45, 2.75) is 6.92 Å². The Morgan fingerprint density at radius 1 is 1.00 bits per heavy atom. The third kappa shape index (κ3) is 4.30. The fourth-order valence-electron chi connectivity index (χ4n) is 2.85. The molecule has 0 bridgehead atoms. The second-order valence-electron chi connectivity index (χ2n) is 6.54. The number of benzene rings is 3. The summed E-state index contributed by atoms with van der Waals surface area (Å²) in [5.41, 5.74) is 4.98. The van der Waals surface area contributed by atoms with Gasteiger partial charge in [-0.2, -0.15) is 5.10 Å². The number of nitrogens with one attached hydrogen (secondary N) is 1. The Bertz CT molecular complexity index is 1120. The number of hydrazone groups is 1. The zero-order valence-corrected chi connectivity index (χ0v) is 16.1. The Hall–Kier alpha value is -4.13. The monoisotopic (exact) mass is 402 g/mol. The van der Waals surface area contributed by atoms with Gasteiger partial charge in [0, 0.05) is 5.56 Å². The molecule has 1 aliphatic rings. The average molecular weight is 402 g/mol. The molecule has 0 aromatic heterocycles. The van der Waals surface area contributed by atoms with Crippen molar-refractivity contribution < 1.29 is 23.8 Å². The quantitative estimate of drug-likeness (QED) is 0.304. The van der Waals surface area contributed by atoms with Crippen LogP contribution in [0.5, 0.6) is 17.2 Å². The number of esters is 1. The Labute approximate surface area is 172 Å². The van der Waals surface area contributed by atoms with Crippen LogP contribution in [0.3, 0.4) is 0 Å². The minimum atomic E-state index is -0.412. The first-order valence-corrected chi connectivity index (χ1v) is 9.21. The largest absolute Gasteiger partial charge is 0.454 e. The Morgan fingerprint density at radius 2 is 1.77 bits per heavy atom. The first-order valence-electron chi connectivity index (χ1n) is 9.21. The molecule has 150 valence electrons. The summed E-state index contributed by atoms with van der Waals surface area (Å²) in [4.78, 5) is 24.5. The molecule has 3 aromatic rings. The lowest BCUT2D eigenvalue weighted by atomic mass is 10.1. The fourth-order valence-corrected chi connectivity index (χ4v) is 2.85. The molecule has 3 aromatic carbocycles. The average Bonchev–Trinajstić information content (AvgIpc) is 3.23. The van der Waals surface area contributed by atoms with Crippen molar-refractivity contribution in [2.75, 3.05) is 6.79 Å². The Balaban J connectivity index is 1.34. The highest BCUT2D eigenvalue weighted by Crippen LogP contribution is 2.32. The van der Waals surface area contributed by atoms with Gasteiger partial charge in [-0.3, -0.25) is 4.79 Å². The summed E-state index contributed by atoms with van der Waals surface area (Å²) in [5.74, 6) is 0.782. The van der Waals surface area contributed by atoms with E-state index in [4.69, 9.17) is 14.2 Å². The summed E-state index contributed by atoms with van der Waals surface area (Å²) in [6.07, 6.45) is 1.50. The molecule has 1 N–H and O–H groups in total. The molecular weight excluding hydrogens is 384 g/mol. The van der Waals surface area contributed by atoms with Crippen LogP contribution in [0.1, 0.15) is 31.8 Å². The molecule has 1 heterocycles. The van der Waals surface area contributed by atoms with Crippen molar-refractivity contribution in [2.24, 2.45) is 5.10 Å². The van der Waals surface area contributed by atoms with Gasteiger partial charge in [0.05, 0.1) is 11.8 Å². The van der Waals surface area contributed by atoms with Crippen LogP contribution < -0.4 is 19.6 Å². The third-order valence-corrected chi connectivity index (χ3v) is 4.47. The third-order valence-electron chi connectivity index (χ3n) is 4.47. The molecule has 1 aliphatic heterocycles. The zero-order valence-electron chi connectivity index (χ0n) is 16.1. The first-order chi connectivity index (χ1) is 14.6. The van der Waals surface area contributed by atoms with Gasteiger partial charge >= 0.3 is 5.97 Å². The summed E-state index contributed by atoms with van der Waals surface area (Å²) in [6, 6.07) is 18.9. The fraction of sp³-hybridized carbons (Fsp3) is 0.0870. The van der Waals surface area contributed by atoms with Crippen LogP contribution in [-0.2, 0) is 0 Å². The lowest BCUT2D eigenvalue weighted by molar-refractivity contribution is 0.0733. The van der Waals surface area contributed by atoms with Crippen LogP contribution >= 0.6 is 0 Å². The number of hydrogen-bond acceptors (Lipinski definition) is 6. The molecule has 0 unspecified atom stereocenters. The van der Waals surface area contributed by atoms with Crippen molar-refractivity contribution in [3.05, 3.63) is 89.0 Å². The van der Waals surface area contributed by atoms with E-state index in [0.29, 0.717) is 28.4 Å². The molecule has 0 saturated carbocycles. The maximum absolute atomic E-state index is 12.3. The van der Waals surface area contributed by atoms with E-state index in [9.17, 15) is 9.59 Å². The van der Waals surface area contributed by atoms with Gasteiger partial charge in [-0.1, -0.05) is 18.2 Å². The van der Waals surface area contributed by atoms with Gasteiger partial charge < -0.3 is 14.2 Å². The number of ether oxygens (including phenoxy) is 3. The van der Waals surface area contributed by atoms with Crippen LogP contribution in [0, 0.1) is 6.92 Å². The van der Waals surface area contributed by atoms with E-state index in [0.717, 1.165) is 11.1 Å². The van der Waals surface area contributed by atoms with Gasteiger partial charge in [0.1, 0.15) is 5.75 Å². The van der Waals surface area contributed by atoms with E-state index in [-0.39, 0.29) is 12.7 Å². The van der Waals surface area contributed by atoms with Crippen LogP contribution in [0.25, 0.3) is 0 Å². The summed E-state index contributed by atoms with van der Waals surface area (Å²) in [5, 5.41) is 3.96. The topological polar surface area (TPSA) is 86.2 Å². The molecule has 30 heavy (non-hydrogen) atoms. The van der Waals surface area contributed by atoms with E-state index in [1.54, 1.807) is 54.6 Å². The molecule has 7 heteroatoms. The van der Waals surface area contributed by atoms with E-state index >= 15 is 0 Å². The summed E-state index contributed by atoms with van der Waals surface area (Å²) >= 11 is 0. The van der Waals surface area contributed by atoms with E-state index in [2.05, 4.69) is 10.5 Å². The predicted molar refractivity (Wildman–Crippen MR) is 110 cm³/mol. The number of amides is 1. The minimum Gasteiger partial charge on any atom is -0.454 e. The number of fused-ring (bicyclic) bond motifs is 1. The van der Waals surface area contributed by atoms with Crippen LogP contribution in [0.4, 0.5) is 0 Å². The second kappa shape index (κ2) is 8.48. The Morgan fingerprint density at radius 3 is 2.57 bits per heavy atom. The lowest BCUT2D eigenvalue weighted by Crippen LogP contribution is -2.17. The smallest absolute Gasteiger partial charge is 0.343 e.